The minimum absolute atomic E-state index is 0.0426. The minimum Gasteiger partial charge on any atom is -0.495 e. The summed E-state index contributed by atoms with van der Waals surface area (Å²) in [6.07, 6.45) is 7.76. The van der Waals surface area contributed by atoms with Crippen LogP contribution in [0.1, 0.15) is 69.2 Å². The maximum Gasteiger partial charge on any atom is 0.251 e. The number of ketones is 1. The molecule has 10 nitrogen and oxygen atoms in total. The van der Waals surface area contributed by atoms with E-state index in [0.717, 1.165) is 18.7 Å². The number of carbonyl (C=O) groups excluding carboxylic acids is 3. The molecule has 5 rings (SSSR count). The van der Waals surface area contributed by atoms with Crippen LogP contribution in [0.2, 0.25) is 0 Å². The van der Waals surface area contributed by atoms with E-state index >= 15 is 0 Å². The summed E-state index contributed by atoms with van der Waals surface area (Å²) >= 11 is 0. The van der Waals surface area contributed by atoms with Gasteiger partial charge in [-0.1, -0.05) is 12.8 Å². The van der Waals surface area contributed by atoms with Gasteiger partial charge in [-0.05, 0) is 51.3 Å². The van der Waals surface area contributed by atoms with Crippen molar-refractivity contribution < 1.29 is 19.1 Å². The van der Waals surface area contributed by atoms with Gasteiger partial charge in [-0.25, -0.2) is 4.98 Å². The first-order valence-corrected chi connectivity index (χ1v) is 13.4. The van der Waals surface area contributed by atoms with Gasteiger partial charge < -0.3 is 25.2 Å². The summed E-state index contributed by atoms with van der Waals surface area (Å²) < 4.78 is 5.57. The quantitative estimate of drug-likeness (QED) is 0.590. The van der Waals surface area contributed by atoms with Crippen LogP contribution in [0.3, 0.4) is 0 Å². The van der Waals surface area contributed by atoms with Gasteiger partial charge in [0.2, 0.25) is 11.9 Å². The van der Waals surface area contributed by atoms with Crippen LogP contribution in [0.25, 0.3) is 0 Å². The number of benzene rings is 1. The molecule has 2 saturated carbocycles. The van der Waals surface area contributed by atoms with Crippen molar-refractivity contribution >= 4 is 40.7 Å². The lowest BCUT2D eigenvalue weighted by Gasteiger charge is -2.34. The van der Waals surface area contributed by atoms with E-state index in [2.05, 4.69) is 20.5 Å². The summed E-state index contributed by atoms with van der Waals surface area (Å²) in [4.78, 5) is 50.9. The molecule has 0 unspecified atom stereocenters. The van der Waals surface area contributed by atoms with E-state index < -0.39 is 5.41 Å². The summed E-state index contributed by atoms with van der Waals surface area (Å²) in [6, 6.07) is 5.34. The predicted molar refractivity (Wildman–Crippen MR) is 145 cm³/mol. The van der Waals surface area contributed by atoms with E-state index in [9.17, 15) is 14.4 Å². The Bertz CT molecular complexity index is 1260. The molecule has 2 aliphatic carbocycles. The highest BCUT2D eigenvalue weighted by Gasteiger charge is 2.41. The molecule has 202 valence electrons. The number of amides is 2. The molecule has 10 heteroatoms. The van der Waals surface area contributed by atoms with Crippen molar-refractivity contribution in [2.24, 2.45) is 5.41 Å². The first-order chi connectivity index (χ1) is 18.2. The molecule has 1 aromatic carbocycles. The zero-order valence-corrected chi connectivity index (χ0v) is 22.5. The van der Waals surface area contributed by atoms with E-state index in [1.807, 2.05) is 13.8 Å². The first-order valence-electron chi connectivity index (χ1n) is 13.4. The third-order valence-corrected chi connectivity index (χ3v) is 7.89. The number of fused-ring (bicyclic) bond motifs is 1. The molecular formula is C28H36N6O4. The fourth-order valence-electron chi connectivity index (χ4n) is 5.79. The first kappa shape index (κ1) is 25.9. The topological polar surface area (TPSA) is 117 Å². The van der Waals surface area contributed by atoms with Gasteiger partial charge >= 0.3 is 0 Å². The Morgan fingerprint density at radius 2 is 1.92 bits per heavy atom. The Balaban J connectivity index is 1.41. The van der Waals surface area contributed by atoms with Crippen LogP contribution in [0.4, 0.5) is 23.1 Å². The van der Waals surface area contributed by atoms with E-state index in [4.69, 9.17) is 9.72 Å². The minimum atomic E-state index is -0.558. The van der Waals surface area contributed by atoms with Gasteiger partial charge in [0.05, 0.1) is 24.4 Å². The number of hydrogen-bond donors (Lipinski definition) is 2. The molecule has 2 fully saturated rings. The maximum absolute atomic E-state index is 13.2. The molecule has 0 bridgehead atoms. The van der Waals surface area contributed by atoms with Crippen molar-refractivity contribution in [2.75, 3.05) is 35.8 Å². The lowest BCUT2D eigenvalue weighted by atomic mass is 9.91. The number of nitrogens with zero attached hydrogens (tertiary/aromatic N) is 4. The SMILES string of the molecule is COc1cc(C(=O)N[C@@H]2CCC(=O)C2)ccc1Nc1ncc2c(n1)N(C1CCCC1)CC(C)(C)C(=O)N2C. The standard InChI is InChI=1S/C28H36N6O4/c1-28(2)16-34(19-7-5-6-8-19)24-22(33(3)26(28)37)15-29-27(32-24)31-21-12-9-17(13-23(21)38-4)25(36)30-18-10-11-20(35)14-18/h9,12-13,15,18-19H,5-8,10-11,14,16H2,1-4H3,(H,30,36)(H,29,31,32)/t18-/m1/s1. The molecule has 2 aromatic rings. The molecule has 38 heavy (non-hydrogen) atoms. The average Bonchev–Trinajstić information content (AvgIpc) is 3.57. The third-order valence-electron chi connectivity index (χ3n) is 7.89. The fraction of sp³-hybridized carbons (Fsp3) is 0.536. The highest BCUT2D eigenvalue weighted by atomic mass is 16.5. The molecule has 1 aromatic heterocycles. The zero-order chi connectivity index (χ0) is 27.0. The summed E-state index contributed by atoms with van der Waals surface area (Å²) in [5.41, 5.74) is 1.20. The summed E-state index contributed by atoms with van der Waals surface area (Å²) in [7, 11) is 3.33. The maximum atomic E-state index is 13.2. The number of anilines is 4. The van der Waals surface area contributed by atoms with Gasteiger partial charge in [0.1, 0.15) is 17.2 Å². The molecular weight excluding hydrogens is 484 g/mol. The summed E-state index contributed by atoms with van der Waals surface area (Å²) in [6.45, 7) is 4.56. The number of ether oxygens (including phenoxy) is 1. The molecule has 0 spiro atoms. The van der Waals surface area contributed by atoms with Gasteiger partial charge in [-0.15, -0.1) is 0 Å². The Morgan fingerprint density at radius 1 is 1.16 bits per heavy atom. The smallest absolute Gasteiger partial charge is 0.251 e. The van der Waals surface area contributed by atoms with Gasteiger partial charge in [-0.3, -0.25) is 14.4 Å². The molecule has 0 radical (unpaired) electrons. The molecule has 2 N–H and O–H groups in total. The van der Waals surface area contributed by atoms with Crippen molar-refractivity contribution in [3.05, 3.63) is 30.0 Å². The molecule has 1 atom stereocenters. The number of Topliss-reactive ketones (excluding diaryl/α,β-unsaturated/α-hetero) is 1. The highest BCUT2D eigenvalue weighted by molar-refractivity contribution is 6.01. The monoisotopic (exact) mass is 520 g/mol. The van der Waals surface area contributed by atoms with E-state index in [0.29, 0.717) is 60.5 Å². The number of aromatic nitrogens is 2. The predicted octanol–water partition coefficient (Wildman–Crippen LogP) is 3.83. The number of nitrogens with one attached hydrogen (secondary N) is 2. The molecule has 2 heterocycles. The van der Waals surface area contributed by atoms with Crippen molar-refractivity contribution in [3.63, 3.8) is 0 Å². The van der Waals surface area contributed by atoms with Crippen LogP contribution in [0, 0.1) is 5.41 Å². The van der Waals surface area contributed by atoms with Crippen LogP contribution >= 0.6 is 0 Å². The number of methoxy groups -OCH3 is 1. The summed E-state index contributed by atoms with van der Waals surface area (Å²) in [5.74, 6) is 1.59. The van der Waals surface area contributed by atoms with Gasteiger partial charge in [0, 0.05) is 44.1 Å². The number of rotatable bonds is 6. The van der Waals surface area contributed by atoms with Crippen LogP contribution < -0.4 is 25.2 Å². The van der Waals surface area contributed by atoms with Crippen LogP contribution in [0.5, 0.6) is 5.75 Å². The van der Waals surface area contributed by atoms with Crippen molar-refractivity contribution in [1.82, 2.24) is 15.3 Å². The Hall–Kier alpha value is -3.69. The fourth-order valence-corrected chi connectivity index (χ4v) is 5.79. The van der Waals surface area contributed by atoms with Crippen LogP contribution in [0.15, 0.2) is 24.4 Å². The van der Waals surface area contributed by atoms with Crippen molar-refractivity contribution in [1.29, 1.82) is 0 Å². The highest BCUT2D eigenvalue weighted by Crippen LogP contribution is 2.40. The summed E-state index contributed by atoms with van der Waals surface area (Å²) in [5, 5.41) is 6.18. The van der Waals surface area contributed by atoms with E-state index in [1.165, 1.54) is 12.8 Å². The Labute approximate surface area is 223 Å². The van der Waals surface area contributed by atoms with Gasteiger partial charge in [0.15, 0.2) is 5.82 Å². The lowest BCUT2D eigenvalue weighted by molar-refractivity contribution is -0.125. The second kappa shape index (κ2) is 10.2. The van der Waals surface area contributed by atoms with E-state index in [1.54, 1.807) is 43.5 Å². The van der Waals surface area contributed by atoms with Crippen LogP contribution in [-0.2, 0) is 9.59 Å². The number of hydrogen-bond acceptors (Lipinski definition) is 8. The number of carbonyl (C=O) groups is 3. The average molecular weight is 521 g/mol. The second-order valence-corrected chi connectivity index (χ2v) is 11.2. The molecule has 0 saturated heterocycles. The normalized spacial score (nSPS) is 21.3. The Kier molecular flexibility index (Phi) is 6.98. The van der Waals surface area contributed by atoms with Gasteiger partial charge in [0.25, 0.3) is 5.91 Å². The van der Waals surface area contributed by atoms with Gasteiger partial charge in [-0.2, -0.15) is 4.98 Å². The molecule has 1 aliphatic heterocycles. The largest absolute Gasteiger partial charge is 0.495 e. The van der Waals surface area contributed by atoms with Crippen molar-refractivity contribution in [2.45, 2.75) is 70.9 Å². The van der Waals surface area contributed by atoms with Crippen LogP contribution in [-0.4, -0.2) is 60.4 Å². The van der Waals surface area contributed by atoms with Crippen molar-refractivity contribution in [3.8, 4) is 5.75 Å². The van der Waals surface area contributed by atoms with E-state index in [-0.39, 0.29) is 23.6 Å². The third kappa shape index (κ3) is 5.04. The lowest BCUT2D eigenvalue weighted by Crippen LogP contribution is -2.45. The second-order valence-electron chi connectivity index (χ2n) is 11.2. The molecule has 3 aliphatic rings. The Morgan fingerprint density at radius 3 is 2.61 bits per heavy atom. The zero-order valence-electron chi connectivity index (χ0n) is 22.5. The molecule has 2 amide bonds.